The predicted molar refractivity (Wildman–Crippen MR) is 70.3 cm³/mol. The molecule has 100 valence electrons. The van der Waals surface area contributed by atoms with Crippen LogP contribution in [-0.4, -0.2) is 25.5 Å². The number of rotatable bonds is 5. The van der Waals surface area contributed by atoms with E-state index in [0.29, 0.717) is 22.6 Å². The average molecular weight is 273 g/mol. The number of ether oxygens (including phenoxy) is 1. The second-order valence-corrected chi connectivity index (χ2v) is 5.34. The fraction of sp³-hybridized carbons (Fsp3) is 0.538. The van der Waals surface area contributed by atoms with E-state index in [1.807, 2.05) is 12.1 Å². The lowest BCUT2D eigenvalue weighted by Crippen LogP contribution is -2.22. The summed E-state index contributed by atoms with van der Waals surface area (Å²) >= 11 is 0.591. The standard InChI is InChI=1S/C13H17F2NOS/c14-13(15)18-12-4-2-1-3-11(12)16-9-10-5-7-17-8-6-10/h1-4,10,13,16H,5-9H2. The molecule has 1 aliphatic rings. The first-order valence-corrected chi connectivity index (χ1v) is 6.99. The minimum absolute atomic E-state index is 0.573. The number of alkyl halides is 2. The van der Waals surface area contributed by atoms with Gasteiger partial charge in [-0.25, -0.2) is 0 Å². The summed E-state index contributed by atoms with van der Waals surface area (Å²) in [6.45, 7) is 2.43. The van der Waals surface area contributed by atoms with E-state index in [2.05, 4.69) is 5.32 Å². The molecule has 2 nitrogen and oxygen atoms in total. The van der Waals surface area contributed by atoms with Gasteiger partial charge in [-0.3, -0.25) is 0 Å². The number of hydrogen-bond donors (Lipinski definition) is 1. The third-order valence-corrected chi connectivity index (χ3v) is 3.81. The number of anilines is 1. The molecule has 0 bridgehead atoms. The second kappa shape index (κ2) is 6.95. The van der Waals surface area contributed by atoms with Gasteiger partial charge in [-0.15, -0.1) is 0 Å². The van der Waals surface area contributed by atoms with E-state index in [1.54, 1.807) is 12.1 Å². The number of halogens is 2. The Morgan fingerprint density at radius 1 is 1.28 bits per heavy atom. The van der Waals surface area contributed by atoms with Crippen molar-refractivity contribution < 1.29 is 13.5 Å². The summed E-state index contributed by atoms with van der Waals surface area (Å²) in [4.78, 5) is 0.611. The molecule has 1 heterocycles. The first-order valence-electron chi connectivity index (χ1n) is 6.11. The van der Waals surface area contributed by atoms with E-state index in [4.69, 9.17) is 4.74 Å². The van der Waals surface area contributed by atoms with Crippen molar-refractivity contribution in [1.29, 1.82) is 0 Å². The highest BCUT2D eigenvalue weighted by atomic mass is 32.2. The summed E-state index contributed by atoms with van der Waals surface area (Å²) in [7, 11) is 0. The predicted octanol–water partition coefficient (Wildman–Crippen LogP) is 3.84. The van der Waals surface area contributed by atoms with Crippen molar-refractivity contribution in [2.24, 2.45) is 5.92 Å². The first kappa shape index (κ1) is 13.6. The van der Waals surface area contributed by atoms with Crippen molar-refractivity contribution in [2.45, 2.75) is 23.5 Å². The van der Waals surface area contributed by atoms with Crippen LogP contribution in [0.5, 0.6) is 0 Å². The number of hydrogen-bond acceptors (Lipinski definition) is 3. The van der Waals surface area contributed by atoms with Crippen molar-refractivity contribution in [1.82, 2.24) is 0 Å². The summed E-state index contributed by atoms with van der Waals surface area (Å²) in [5.74, 6) is -1.81. The molecule has 0 spiro atoms. The molecule has 0 saturated carbocycles. The monoisotopic (exact) mass is 273 g/mol. The molecule has 2 rings (SSSR count). The minimum atomic E-state index is -2.38. The fourth-order valence-electron chi connectivity index (χ4n) is 2.02. The Morgan fingerprint density at radius 3 is 2.72 bits per heavy atom. The summed E-state index contributed by atoms with van der Waals surface area (Å²) < 4.78 is 30.1. The molecule has 5 heteroatoms. The van der Waals surface area contributed by atoms with Gasteiger partial charge in [0.2, 0.25) is 0 Å². The van der Waals surface area contributed by atoms with Gasteiger partial charge in [-0.1, -0.05) is 23.9 Å². The molecule has 1 fully saturated rings. The number of thioether (sulfide) groups is 1. The van der Waals surface area contributed by atoms with Crippen LogP contribution < -0.4 is 5.32 Å². The summed E-state index contributed by atoms with van der Waals surface area (Å²) in [5, 5.41) is 3.28. The summed E-state index contributed by atoms with van der Waals surface area (Å²) in [6.07, 6.45) is 2.08. The van der Waals surface area contributed by atoms with E-state index >= 15 is 0 Å². The molecule has 1 aromatic carbocycles. The molecule has 0 aromatic heterocycles. The molecule has 0 unspecified atom stereocenters. The SMILES string of the molecule is FC(F)Sc1ccccc1NCC1CCOCC1. The van der Waals surface area contributed by atoms with Gasteiger partial charge in [0.05, 0.1) is 0 Å². The maximum atomic E-state index is 12.4. The molecule has 0 amide bonds. The highest BCUT2D eigenvalue weighted by Crippen LogP contribution is 2.32. The highest BCUT2D eigenvalue weighted by molar-refractivity contribution is 7.99. The number of nitrogens with one attached hydrogen (secondary N) is 1. The van der Waals surface area contributed by atoms with E-state index in [-0.39, 0.29) is 0 Å². The van der Waals surface area contributed by atoms with Gasteiger partial charge in [-0.2, -0.15) is 8.78 Å². The number of para-hydroxylation sites is 1. The molecular weight excluding hydrogens is 256 g/mol. The lowest BCUT2D eigenvalue weighted by Gasteiger charge is -2.23. The van der Waals surface area contributed by atoms with Crippen LogP contribution in [0.15, 0.2) is 29.2 Å². The molecular formula is C13H17F2NOS. The zero-order chi connectivity index (χ0) is 12.8. The van der Waals surface area contributed by atoms with Gasteiger partial charge in [0.1, 0.15) is 0 Å². The van der Waals surface area contributed by atoms with Gasteiger partial charge in [0, 0.05) is 30.3 Å². The third kappa shape index (κ3) is 4.14. The number of benzene rings is 1. The lowest BCUT2D eigenvalue weighted by molar-refractivity contribution is 0.0699. The zero-order valence-electron chi connectivity index (χ0n) is 10.1. The fourth-order valence-corrected chi connectivity index (χ4v) is 2.63. The maximum absolute atomic E-state index is 12.4. The Bertz CT molecular complexity index is 370. The van der Waals surface area contributed by atoms with E-state index in [9.17, 15) is 8.78 Å². The van der Waals surface area contributed by atoms with Gasteiger partial charge in [-0.05, 0) is 30.9 Å². The van der Waals surface area contributed by atoms with Crippen LogP contribution >= 0.6 is 11.8 Å². The second-order valence-electron chi connectivity index (χ2n) is 4.31. The van der Waals surface area contributed by atoms with Gasteiger partial charge in [0.25, 0.3) is 5.76 Å². The van der Waals surface area contributed by atoms with Crippen LogP contribution in [0.1, 0.15) is 12.8 Å². The van der Waals surface area contributed by atoms with Crippen molar-refractivity contribution in [3.8, 4) is 0 Å². The highest BCUT2D eigenvalue weighted by Gasteiger charge is 2.15. The van der Waals surface area contributed by atoms with E-state index in [0.717, 1.165) is 38.3 Å². The van der Waals surface area contributed by atoms with Crippen molar-refractivity contribution in [3.05, 3.63) is 24.3 Å². The first-order chi connectivity index (χ1) is 8.75. The molecule has 1 saturated heterocycles. The van der Waals surface area contributed by atoms with Crippen molar-refractivity contribution in [3.63, 3.8) is 0 Å². The lowest BCUT2D eigenvalue weighted by atomic mass is 10.0. The molecule has 18 heavy (non-hydrogen) atoms. The Hall–Kier alpha value is -0.810. The molecule has 0 atom stereocenters. The third-order valence-electron chi connectivity index (χ3n) is 3.03. The smallest absolute Gasteiger partial charge is 0.288 e. The van der Waals surface area contributed by atoms with E-state index < -0.39 is 5.76 Å². The minimum Gasteiger partial charge on any atom is -0.384 e. The molecule has 1 N–H and O–H groups in total. The largest absolute Gasteiger partial charge is 0.384 e. The van der Waals surface area contributed by atoms with Crippen LogP contribution in [0.2, 0.25) is 0 Å². The normalized spacial score (nSPS) is 17.1. The Labute approximate surface area is 110 Å². The van der Waals surface area contributed by atoms with Gasteiger partial charge >= 0.3 is 0 Å². The topological polar surface area (TPSA) is 21.3 Å². The molecule has 1 aromatic rings. The average Bonchev–Trinajstić information content (AvgIpc) is 2.38. The van der Waals surface area contributed by atoms with Crippen molar-refractivity contribution >= 4 is 17.4 Å². The Kier molecular flexibility index (Phi) is 5.26. The van der Waals surface area contributed by atoms with Crippen LogP contribution in [0, 0.1) is 5.92 Å². The van der Waals surface area contributed by atoms with Crippen LogP contribution in [0.3, 0.4) is 0 Å². The summed E-state index contributed by atoms with van der Waals surface area (Å²) in [5.41, 5.74) is 0.800. The maximum Gasteiger partial charge on any atom is 0.288 e. The Morgan fingerprint density at radius 2 is 2.00 bits per heavy atom. The molecule has 1 aliphatic heterocycles. The molecule has 0 radical (unpaired) electrons. The summed E-state index contributed by atoms with van der Waals surface area (Å²) in [6, 6.07) is 7.22. The van der Waals surface area contributed by atoms with Crippen LogP contribution in [-0.2, 0) is 4.74 Å². The van der Waals surface area contributed by atoms with E-state index in [1.165, 1.54) is 0 Å². The van der Waals surface area contributed by atoms with Crippen LogP contribution in [0.25, 0.3) is 0 Å². The van der Waals surface area contributed by atoms with Crippen LogP contribution in [0.4, 0.5) is 14.5 Å². The zero-order valence-corrected chi connectivity index (χ0v) is 10.9. The van der Waals surface area contributed by atoms with Gasteiger partial charge < -0.3 is 10.1 Å². The Balaban J connectivity index is 1.91. The van der Waals surface area contributed by atoms with Crippen molar-refractivity contribution in [2.75, 3.05) is 25.1 Å². The van der Waals surface area contributed by atoms with Gasteiger partial charge in [0.15, 0.2) is 0 Å². The quantitative estimate of drug-likeness (QED) is 0.824. The molecule has 0 aliphatic carbocycles.